The molecule has 398 valence electrons. The molecule has 0 spiro atoms. The molecule has 17 rings (SSSR count). The minimum absolute atomic E-state index is 0.770. The van der Waals surface area contributed by atoms with Crippen LogP contribution in [0.25, 0.3) is 98.8 Å². The van der Waals surface area contributed by atoms with Crippen molar-refractivity contribution >= 4 is 99.5 Å². The van der Waals surface area contributed by atoms with Crippen molar-refractivity contribution in [2.24, 2.45) is 0 Å². The first kappa shape index (κ1) is 48.5. The molecule has 0 aliphatic heterocycles. The molecular weight excluding hydrogens is 1030 g/mol. The van der Waals surface area contributed by atoms with Crippen LogP contribution in [0.2, 0.25) is 0 Å². The summed E-state index contributed by atoms with van der Waals surface area (Å²) >= 11 is 0. The van der Waals surface area contributed by atoms with Crippen molar-refractivity contribution in [1.29, 1.82) is 0 Å². The first-order chi connectivity index (χ1) is 42.2. The maximum Gasteiger partial charge on any atom is 0.159 e. The topological polar surface area (TPSA) is 32.8 Å². The molecule has 0 atom stereocenters. The lowest BCUT2D eigenvalue weighted by Gasteiger charge is -2.35. The molecule has 0 fully saturated rings. The number of hydrogen-bond donors (Lipinski definition) is 0. The lowest BCUT2D eigenvalue weighted by molar-refractivity contribution is 0.670. The van der Waals surface area contributed by atoms with Gasteiger partial charge >= 0.3 is 0 Å². The van der Waals surface area contributed by atoms with Crippen molar-refractivity contribution in [3.05, 3.63) is 338 Å². The largest absolute Gasteiger partial charge is 0.453 e. The highest BCUT2D eigenvalue weighted by molar-refractivity contribution is 6.26. The van der Waals surface area contributed by atoms with E-state index in [1.165, 1.54) is 44.2 Å². The maximum atomic E-state index is 7.37. The molecule has 0 radical (unpaired) electrons. The van der Waals surface area contributed by atoms with Crippen molar-refractivity contribution in [2.45, 2.75) is 5.41 Å². The van der Waals surface area contributed by atoms with Crippen molar-refractivity contribution in [1.82, 2.24) is 0 Å². The Hall–Kier alpha value is -11.2. The minimum Gasteiger partial charge on any atom is -0.453 e. The second-order valence-electron chi connectivity index (χ2n) is 22.2. The van der Waals surface area contributed by atoms with E-state index in [4.69, 9.17) is 8.83 Å². The summed E-state index contributed by atoms with van der Waals surface area (Å²) in [5.41, 5.74) is 20.1. The third-order valence-electron chi connectivity index (χ3n) is 17.7. The summed E-state index contributed by atoms with van der Waals surface area (Å²) in [4.78, 5) is 4.78. The summed E-state index contributed by atoms with van der Waals surface area (Å²) in [7, 11) is 0. The van der Waals surface area contributed by atoms with Crippen molar-refractivity contribution in [3.63, 3.8) is 0 Å². The second-order valence-corrected chi connectivity index (χ2v) is 22.2. The van der Waals surface area contributed by atoms with Crippen LogP contribution >= 0.6 is 0 Å². The summed E-state index contributed by atoms with van der Waals surface area (Å²) in [6.45, 7) is 0. The van der Waals surface area contributed by atoms with E-state index in [1.54, 1.807) is 0 Å². The van der Waals surface area contributed by atoms with E-state index in [-0.39, 0.29) is 0 Å². The van der Waals surface area contributed by atoms with Gasteiger partial charge in [-0.25, -0.2) is 0 Å². The van der Waals surface area contributed by atoms with Gasteiger partial charge in [-0.2, -0.15) is 0 Å². The molecule has 1 aliphatic rings. The summed E-state index contributed by atoms with van der Waals surface area (Å²) in [5.74, 6) is 0. The highest BCUT2D eigenvalue weighted by atomic mass is 16.3. The first-order valence-corrected chi connectivity index (χ1v) is 29.1. The Morgan fingerprint density at radius 1 is 0.247 bits per heavy atom. The molecule has 0 N–H and O–H groups in total. The van der Waals surface area contributed by atoms with Gasteiger partial charge in [-0.1, -0.05) is 243 Å². The quantitative estimate of drug-likeness (QED) is 0.137. The van der Waals surface area contributed by atoms with E-state index in [0.717, 1.165) is 111 Å². The number of anilines is 6. The summed E-state index contributed by atoms with van der Waals surface area (Å²) in [5, 5.41) is 9.03. The fourth-order valence-electron chi connectivity index (χ4n) is 14.0. The summed E-state index contributed by atoms with van der Waals surface area (Å²) in [6, 6.07) is 114. The molecule has 0 amide bonds. The molecule has 0 saturated carbocycles. The van der Waals surface area contributed by atoms with Crippen LogP contribution in [-0.4, -0.2) is 0 Å². The van der Waals surface area contributed by atoms with E-state index in [0.29, 0.717) is 0 Å². The van der Waals surface area contributed by atoms with Gasteiger partial charge in [0.05, 0.1) is 16.8 Å². The zero-order chi connectivity index (χ0) is 56.0. The molecule has 0 bridgehead atoms. The Balaban J connectivity index is 0.904. The smallest absolute Gasteiger partial charge is 0.159 e. The van der Waals surface area contributed by atoms with Crippen molar-refractivity contribution < 1.29 is 8.83 Å². The van der Waals surface area contributed by atoms with E-state index in [9.17, 15) is 0 Å². The molecular formula is C81H52N2O2. The van der Waals surface area contributed by atoms with Gasteiger partial charge in [0, 0.05) is 55.4 Å². The van der Waals surface area contributed by atoms with Crippen molar-refractivity contribution in [3.8, 4) is 33.4 Å². The number of benzene rings is 14. The molecule has 1 aliphatic carbocycles. The predicted octanol–water partition coefficient (Wildman–Crippen LogP) is 22.4. The SMILES string of the molecule is c1ccc(-c2cc3ccccc3c3c2oc2c(N(c4ccccc4)c4ccc5c(c4)C(c4ccccc4)(c4ccccc4)c4cc(N(c6ccccc6)c6cccc7c6oc6c(-c8ccccc8)cc8ccccc8c67)ccc4-5)cccc23)cc1. The van der Waals surface area contributed by atoms with E-state index in [2.05, 4.69) is 325 Å². The molecule has 4 heteroatoms. The Bertz CT molecular complexity index is 4900. The summed E-state index contributed by atoms with van der Waals surface area (Å²) in [6.07, 6.45) is 0. The number of fused-ring (bicyclic) bond motifs is 13. The number of hydrogen-bond acceptors (Lipinski definition) is 4. The van der Waals surface area contributed by atoms with Crippen molar-refractivity contribution in [2.75, 3.05) is 9.80 Å². The third-order valence-corrected chi connectivity index (χ3v) is 17.7. The Labute approximate surface area is 492 Å². The molecule has 0 unspecified atom stereocenters. The number of para-hydroxylation sites is 4. The average Bonchev–Trinajstić information content (AvgIpc) is 1.72. The van der Waals surface area contributed by atoms with Gasteiger partial charge in [-0.3, -0.25) is 0 Å². The highest BCUT2D eigenvalue weighted by Crippen LogP contribution is 2.59. The zero-order valence-corrected chi connectivity index (χ0v) is 46.2. The monoisotopic (exact) mass is 1080 g/mol. The number of furan rings is 2. The van der Waals surface area contributed by atoms with Crippen LogP contribution in [0.3, 0.4) is 0 Å². The predicted molar refractivity (Wildman–Crippen MR) is 354 cm³/mol. The van der Waals surface area contributed by atoms with E-state index in [1.807, 2.05) is 0 Å². The fraction of sp³-hybridized carbons (Fsp3) is 0.0123. The van der Waals surface area contributed by atoms with Crippen LogP contribution in [0.4, 0.5) is 34.1 Å². The lowest BCUT2D eigenvalue weighted by atomic mass is 9.67. The van der Waals surface area contributed by atoms with Gasteiger partial charge in [-0.15, -0.1) is 0 Å². The molecule has 4 nitrogen and oxygen atoms in total. The van der Waals surface area contributed by atoms with Gasteiger partial charge < -0.3 is 18.6 Å². The molecule has 85 heavy (non-hydrogen) atoms. The van der Waals surface area contributed by atoms with Crippen LogP contribution in [-0.2, 0) is 5.41 Å². The Morgan fingerprint density at radius 3 is 1.01 bits per heavy atom. The third kappa shape index (κ3) is 7.49. The Kier molecular flexibility index (Phi) is 11.1. The number of nitrogens with zero attached hydrogens (tertiary/aromatic N) is 2. The Morgan fingerprint density at radius 2 is 0.600 bits per heavy atom. The lowest BCUT2D eigenvalue weighted by Crippen LogP contribution is -2.29. The van der Waals surface area contributed by atoms with Gasteiger partial charge in [0.15, 0.2) is 11.2 Å². The zero-order valence-electron chi connectivity index (χ0n) is 46.2. The van der Waals surface area contributed by atoms with Crippen LogP contribution < -0.4 is 9.80 Å². The second kappa shape index (κ2) is 19.5. The average molecular weight is 1090 g/mol. The van der Waals surface area contributed by atoms with Gasteiger partial charge in [0.2, 0.25) is 0 Å². The standard InChI is InChI=1S/C81H52N2O2/c1-7-25-53(26-8-1)69-49-55-29-19-21-39-63(55)75-67-41-23-43-73(77(67)84-79(69)75)82(59-35-15-5-16-36-59)61-45-47-65-66-48-46-62(52-72(66)81(71(65)51-61,57-31-11-3-12-32-57)58-33-13-4-14-34-58)83(60-37-17-6-18-38-60)74-44-24-42-68-76-64-40-22-20-30-56(64)50-70(80(76)85-78(68)74)54-27-9-2-10-28-54/h1-52H. The molecule has 2 aromatic heterocycles. The number of rotatable bonds is 10. The van der Waals surface area contributed by atoms with Crippen LogP contribution in [0.1, 0.15) is 22.3 Å². The van der Waals surface area contributed by atoms with Crippen LogP contribution in [0, 0.1) is 0 Å². The normalized spacial score (nSPS) is 12.6. The fourth-order valence-corrected chi connectivity index (χ4v) is 14.0. The van der Waals surface area contributed by atoms with E-state index >= 15 is 0 Å². The molecule has 16 aromatic rings. The molecule has 0 saturated heterocycles. The van der Waals surface area contributed by atoms with Crippen LogP contribution in [0.5, 0.6) is 0 Å². The molecule has 14 aromatic carbocycles. The van der Waals surface area contributed by atoms with Gasteiger partial charge in [-0.05, 0) is 139 Å². The molecule has 2 heterocycles. The van der Waals surface area contributed by atoms with Gasteiger partial charge in [0.25, 0.3) is 0 Å². The van der Waals surface area contributed by atoms with Crippen LogP contribution in [0.15, 0.2) is 324 Å². The first-order valence-electron chi connectivity index (χ1n) is 29.1. The summed E-state index contributed by atoms with van der Waals surface area (Å²) < 4.78 is 14.7. The van der Waals surface area contributed by atoms with Gasteiger partial charge in [0.1, 0.15) is 11.2 Å². The highest BCUT2D eigenvalue weighted by Gasteiger charge is 2.47. The van der Waals surface area contributed by atoms with E-state index < -0.39 is 5.41 Å². The minimum atomic E-state index is -0.770. The maximum absolute atomic E-state index is 7.37.